The molecule has 3 aromatic rings. The fourth-order valence-electron chi connectivity index (χ4n) is 3.88. The van der Waals surface area contributed by atoms with Crippen molar-refractivity contribution in [3.8, 4) is 0 Å². The molecule has 0 bridgehead atoms. The molecule has 4 rings (SSSR count). The quantitative estimate of drug-likeness (QED) is 0.510. The van der Waals surface area contributed by atoms with Gasteiger partial charge in [0.25, 0.3) is 5.91 Å². The van der Waals surface area contributed by atoms with Crippen LogP contribution in [-0.2, 0) is 19.9 Å². The van der Waals surface area contributed by atoms with E-state index < -0.39 is 29.9 Å². The molecule has 3 N–H and O–H groups in total. The number of benzene rings is 3. The third-order valence-corrected chi connectivity index (χ3v) is 5.29. The Morgan fingerprint density at radius 1 is 0.818 bits per heavy atom. The summed E-state index contributed by atoms with van der Waals surface area (Å²) < 4.78 is 0. The molecule has 0 spiro atoms. The molecule has 1 heterocycles. The van der Waals surface area contributed by atoms with E-state index in [9.17, 15) is 19.2 Å². The van der Waals surface area contributed by atoms with Crippen molar-refractivity contribution in [2.24, 2.45) is 0 Å². The van der Waals surface area contributed by atoms with Crippen LogP contribution in [0.1, 0.15) is 18.1 Å². The van der Waals surface area contributed by atoms with E-state index in [1.165, 1.54) is 6.92 Å². The molecule has 5 amide bonds. The number of carbonyl (C=O) groups excluding carboxylic acids is 4. The molecule has 0 atom stereocenters. The van der Waals surface area contributed by atoms with Crippen molar-refractivity contribution >= 4 is 35.1 Å². The number of nitrogens with one attached hydrogen (secondary N) is 3. The standard InChI is InChI=1S/C25H22N4O4/c1-17(30)26-20-13-8-14-21(15-20)27-22(31)16-29-23(32)25(28-24(29)33,18-9-4-2-5-10-18)19-11-6-3-7-12-19/h2-15H,16H2,1H3,(H,26,30)(H,27,31)(H,28,33). The van der Waals surface area contributed by atoms with Crippen molar-refractivity contribution in [2.75, 3.05) is 17.2 Å². The lowest BCUT2D eigenvalue weighted by Gasteiger charge is -2.28. The molecule has 33 heavy (non-hydrogen) atoms. The fraction of sp³-hybridized carbons (Fsp3) is 0.120. The highest BCUT2D eigenvalue weighted by Crippen LogP contribution is 2.35. The zero-order valence-corrected chi connectivity index (χ0v) is 17.9. The van der Waals surface area contributed by atoms with E-state index in [-0.39, 0.29) is 5.91 Å². The fourth-order valence-corrected chi connectivity index (χ4v) is 3.88. The highest BCUT2D eigenvalue weighted by atomic mass is 16.2. The average molecular weight is 442 g/mol. The largest absolute Gasteiger partial charge is 0.326 e. The summed E-state index contributed by atoms with van der Waals surface area (Å²) in [4.78, 5) is 51.4. The van der Waals surface area contributed by atoms with E-state index in [2.05, 4.69) is 16.0 Å². The molecule has 8 heteroatoms. The van der Waals surface area contributed by atoms with E-state index in [0.29, 0.717) is 22.5 Å². The van der Waals surface area contributed by atoms with Crippen LogP contribution in [0.2, 0.25) is 0 Å². The number of rotatable bonds is 6. The first-order valence-electron chi connectivity index (χ1n) is 10.3. The summed E-state index contributed by atoms with van der Waals surface area (Å²) in [6.45, 7) is 0.922. The van der Waals surface area contributed by atoms with Gasteiger partial charge in [-0.3, -0.25) is 19.3 Å². The van der Waals surface area contributed by atoms with Crippen LogP contribution in [0.25, 0.3) is 0 Å². The van der Waals surface area contributed by atoms with Gasteiger partial charge in [-0.15, -0.1) is 0 Å². The lowest BCUT2D eigenvalue weighted by atomic mass is 9.82. The van der Waals surface area contributed by atoms with Crippen LogP contribution in [0.3, 0.4) is 0 Å². The van der Waals surface area contributed by atoms with Crippen LogP contribution in [0, 0.1) is 0 Å². The van der Waals surface area contributed by atoms with Crippen LogP contribution in [-0.4, -0.2) is 35.2 Å². The third kappa shape index (κ3) is 4.31. The van der Waals surface area contributed by atoms with Gasteiger partial charge in [0.05, 0.1) is 0 Å². The van der Waals surface area contributed by atoms with Crippen LogP contribution in [0.5, 0.6) is 0 Å². The minimum Gasteiger partial charge on any atom is -0.326 e. The van der Waals surface area contributed by atoms with Gasteiger partial charge in [-0.1, -0.05) is 66.7 Å². The van der Waals surface area contributed by atoms with E-state index in [0.717, 1.165) is 4.90 Å². The Morgan fingerprint density at radius 3 is 1.91 bits per heavy atom. The molecule has 1 aliphatic heterocycles. The van der Waals surface area contributed by atoms with Crippen LogP contribution < -0.4 is 16.0 Å². The van der Waals surface area contributed by atoms with Gasteiger partial charge in [-0.2, -0.15) is 0 Å². The van der Waals surface area contributed by atoms with Gasteiger partial charge in [0, 0.05) is 18.3 Å². The lowest BCUT2D eigenvalue weighted by Crippen LogP contribution is -2.45. The van der Waals surface area contributed by atoms with Crippen molar-refractivity contribution < 1.29 is 19.2 Å². The molecule has 1 saturated heterocycles. The molecule has 0 radical (unpaired) electrons. The Labute approximate surface area is 190 Å². The number of carbonyl (C=O) groups is 4. The third-order valence-electron chi connectivity index (χ3n) is 5.29. The Hall–Kier alpha value is -4.46. The smallest absolute Gasteiger partial charge is 0.326 e. The number of imide groups is 1. The number of nitrogens with zero attached hydrogens (tertiary/aromatic N) is 1. The summed E-state index contributed by atoms with van der Waals surface area (Å²) in [5, 5.41) is 8.11. The van der Waals surface area contributed by atoms with E-state index in [1.54, 1.807) is 72.8 Å². The molecular weight excluding hydrogens is 420 g/mol. The van der Waals surface area contributed by atoms with Gasteiger partial charge in [-0.05, 0) is 29.3 Å². The Balaban J connectivity index is 1.58. The maximum Gasteiger partial charge on any atom is 0.326 e. The first-order valence-corrected chi connectivity index (χ1v) is 10.3. The van der Waals surface area contributed by atoms with Crippen LogP contribution in [0.15, 0.2) is 84.9 Å². The second-order valence-corrected chi connectivity index (χ2v) is 7.61. The van der Waals surface area contributed by atoms with Crippen molar-refractivity contribution in [1.29, 1.82) is 0 Å². The molecule has 0 aliphatic carbocycles. The number of anilines is 2. The highest BCUT2D eigenvalue weighted by molar-refractivity contribution is 6.12. The van der Waals surface area contributed by atoms with Gasteiger partial charge < -0.3 is 16.0 Å². The number of urea groups is 1. The topological polar surface area (TPSA) is 108 Å². The molecule has 166 valence electrons. The first kappa shape index (κ1) is 21.8. The average Bonchev–Trinajstić information content (AvgIpc) is 3.05. The summed E-state index contributed by atoms with van der Waals surface area (Å²) in [6.07, 6.45) is 0. The van der Waals surface area contributed by atoms with E-state index in [1.807, 2.05) is 12.1 Å². The Kier molecular flexibility index (Phi) is 5.91. The van der Waals surface area contributed by atoms with Gasteiger partial charge in [0.2, 0.25) is 11.8 Å². The summed E-state index contributed by atoms with van der Waals surface area (Å²) in [5.41, 5.74) is 0.713. The number of amides is 5. The molecule has 0 saturated carbocycles. The van der Waals surface area contributed by atoms with Gasteiger partial charge >= 0.3 is 6.03 Å². The minimum atomic E-state index is -1.43. The second kappa shape index (κ2) is 8.96. The second-order valence-electron chi connectivity index (χ2n) is 7.61. The molecule has 0 aromatic heterocycles. The highest BCUT2D eigenvalue weighted by Gasteiger charge is 2.54. The lowest BCUT2D eigenvalue weighted by molar-refractivity contribution is -0.133. The Morgan fingerprint density at radius 2 is 1.36 bits per heavy atom. The van der Waals surface area contributed by atoms with Gasteiger partial charge in [0.1, 0.15) is 6.54 Å². The Bertz CT molecular complexity index is 1170. The predicted octanol–water partition coefficient (Wildman–Crippen LogP) is 3.08. The molecule has 1 aliphatic rings. The normalized spacial score (nSPS) is 14.5. The van der Waals surface area contributed by atoms with E-state index in [4.69, 9.17) is 0 Å². The summed E-state index contributed by atoms with van der Waals surface area (Å²) in [6, 6.07) is 23.8. The van der Waals surface area contributed by atoms with Crippen molar-refractivity contribution in [2.45, 2.75) is 12.5 Å². The van der Waals surface area contributed by atoms with Gasteiger partial charge in [-0.25, -0.2) is 4.79 Å². The molecule has 1 fully saturated rings. The van der Waals surface area contributed by atoms with Crippen LogP contribution in [0.4, 0.5) is 16.2 Å². The molecular formula is C25H22N4O4. The summed E-state index contributed by atoms with van der Waals surface area (Å²) in [5.74, 6) is -1.32. The molecule has 3 aromatic carbocycles. The number of hydrogen-bond acceptors (Lipinski definition) is 4. The monoisotopic (exact) mass is 442 g/mol. The zero-order valence-electron chi connectivity index (χ0n) is 17.9. The van der Waals surface area contributed by atoms with Crippen molar-refractivity contribution in [3.63, 3.8) is 0 Å². The molecule has 0 unspecified atom stereocenters. The predicted molar refractivity (Wildman–Crippen MR) is 123 cm³/mol. The van der Waals surface area contributed by atoms with Crippen molar-refractivity contribution in [1.82, 2.24) is 10.2 Å². The summed E-state index contributed by atoms with van der Waals surface area (Å²) in [7, 11) is 0. The van der Waals surface area contributed by atoms with Crippen molar-refractivity contribution in [3.05, 3.63) is 96.1 Å². The van der Waals surface area contributed by atoms with E-state index >= 15 is 0 Å². The number of hydrogen-bond donors (Lipinski definition) is 3. The zero-order chi connectivity index (χ0) is 23.4. The molecule has 8 nitrogen and oxygen atoms in total. The SMILES string of the molecule is CC(=O)Nc1cccc(NC(=O)CN2C(=O)NC(c3ccccc3)(c3ccccc3)C2=O)c1. The van der Waals surface area contributed by atoms with Gasteiger partial charge in [0.15, 0.2) is 5.54 Å². The summed E-state index contributed by atoms with van der Waals surface area (Å²) >= 11 is 0. The van der Waals surface area contributed by atoms with Crippen LogP contribution >= 0.6 is 0 Å². The minimum absolute atomic E-state index is 0.240. The maximum atomic E-state index is 13.6. The maximum absolute atomic E-state index is 13.6. The first-order chi connectivity index (χ1) is 15.9.